The number of hydrogen-bond donors (Lipinski definition) is 1. The molecule has 0 aliphatic rings. The number of phenols is 1. The summed E-state index contributed by atoms with van der Waals surface area (Å²) >= 11 is 0. The second-order valence-electron chi connectivity index (χ2n) is 4.20. The fourth-order valence-electron chi connectivity index (χ4n) is 1.66. The lowest BCUT2D eigenvalue weighted by Crippen LogP contribution is -1.89. The average Bonchev–Trinajstić information content (AvgIpc) is 2.71. The molecular formula is C14H15BN2O. The van der Waals surface area contributed by atoms with Crippen molar-refractivity contribution in [3.63, 3.8) is 0 Å². The molecule has 0 saturated heterocycles. The third-order valence-corrected chi connectivity index (χ3v) is 2.75. The number of nitrogens with zero attached hydrogens (tertiary/aromatic N) is 2. The molecule has 18 heavy (non-hydrogen) atoms. The van der Waals surface area contributed by atoms with E-state index in [9.17, 15) is 5.11 Å². The highest BCUT2D eigenvalue weighted by atomic mass is 16.3. The van der Waals surface area contributed by atoms with Crippen LogP contribution in [-0.4, -0.2) is 22.5 Å². The topological polar surface area (TPSA) is 38.0 Å². The third-order valence-electron chi connectivity index (χ3n) is 2.75. The Hall–Kier alpha value is -2.23. The molecule has 0 saturated carbocycles. The van der Waals surface area contributed by atoms with E-state index >= 15 is 0 Å². The molecule has 0 amide bonds. The van der Waals surface area contributed by atoms with E-state index in [2.05, 4.69) is 11.6 Å². The van der Waals surface area contributed by atoms with Gasteiger partial charge in [0.05, 0.1) is 5.69 Å². The maximum atomic E-state index is 9.27. The van der Waals surface area contributed by atoms with Crippen molar-refractivity contribution in [3.8, 4) is 17.0 Å². The van der Waals surface area contributed by atoms with E-state index in [0.717, 1.165) is 22.6 Å². The van der Waals surface area contributed by atoms with Gasteiger partial charge in [0.2, 0.25) is 0 Å². The Kier molecular flexibility index (Phi) is 3.37. The van der Waals surface area contributed by atoms with Gasteiger partial charge in [-0.2, -0.15) is 0 Å². The summed E-state index contributed by atoms with van der Waals surface area (Å²) in [6, 6.07) is 7.03. The molecule has 0 aliphatic heterocycles. The predicted molar refractivity (Wildman–Crippen MR) is 77.1 cm³/mol. The van der Waals surface area contributed by atoms with Gasteiger partial charge >= 0.3 is 0 Å². The van der Waals surface area contributed by atoms with E-state index in [1.807, 2.05) is 43.9 Å². The average molecular weight is 238 g/mol. The SMILES string of the molecule is B/C(C=C)=C/n1cc(-c2ccc(O)cc2)nc1C. The van der Waals surface area contributed by atoms with Gasteiger partial charge in [-0.15, -0.1) is 0 Å². The van der Waals surface area contributed by atoms with Gasteiger partial charge in [0.15, 0.2) is 0 Å². The lowest BCUT2D eigenvalue weighted by Gasteiger charge is -1.97. The molecule has 4 heteroatoms. The molecule has 1 N–H and O–H groups in total. The molecular weight excluding hydrogens is 223 g/mol. The van der Waals surface area contributed by atoms with Crippen molar-refractivity contribution in [2.45, 2.75) is 6.92 Å². The molecule has 0 radical (unpaired) electrons. The van der Waals surface area contributed by atoms with Crippen LogP contribution in [0.25, 0.3) is 17.5 Å². The van der Waals surface area contributed by atoms with Crippen molar-refractivity contribution in [2.24, 2.45) is 0 Å². The van der Waals surface area contributed by atoms with Gasteiger partial charge in [0.1, 0.15) is 19.4 Å². The summed E-state index contributed by atoms with van der Waals surface area (Å²) in [6.07, 6.45) is 5.76. The maximum Gasteiger partial charge on any atom is 0.141 e. The number of aromatic hydroxyl groups is 1. The fraction of sp³-hybridized carbons (Fsp3) is 0.0714. The highest BCUT2D eigenvalue weighted by Gasteiger charge is 2.05. The van der Waals surface area contributed by atoms with E-state index in [4.69, 9.17) is 0 Å². The maximum absolute atomic E-state index is 9.27. The largest absolute Gasteiger partial charge is 0.508 e. The molecule has 0 atom stereocenters. The summed E-state index contributed by atoms with van der Waals surface area (Å²) in [4.78, 5) is 4.50. The number of rotatable bonds is 3. The van der Waals surface area contributed by atoms with Crippen LogP contribution in [0.1, 0.15) is 5.82 Å². The summed E-state index contributed by atoms with van der Waals surface area (Å²) in [5.74, 6) is 1.18. The molecule has 3 nitrogen and oxygen atoms in total. The molecule has 2 rings (SSSR count). The van der Waals surface area contributed by atoms with Crippen LogP contribution >= 0.6 is 0 Å². The zero-order chi connectivity index (χ0) is 13.1. The highest BCUT2D eigenvalue weighted by Crippen LogP contribution is 2.21. The lowest BCUT2D eigenvalue weighted by atomic mass is 9.97. The van der Waals surface area contributed by atoms with Crippen molar-refractivity contribution in [1.29, 1.82) is 0 Å². The molecule has 1 aromatic heterocycles. The monoisotopic (exact) mass is 238 g/mol. The number of imidazole rings is 1. The molecule has 0 unspecified atom stereocenters. The Morgan fingerprint density at radius 2 is 2.06 bits per heavy atom. The molecule has 0 bridgehead atoms. The highest BCUT2D eigenvalue weighted by molar-refractivity contribution is 6.25. The molecule has 1 heterocycles. The van der Waals surface area contributed by atoms with Crippen LogP contribution in [0.15, 0.2) is 48.6 Å². The van der Waals surface area contributed by atoms with Crippen molar-refractivity contribution >= 4 is 14.0 Å². The summed E-state index contributed by atoms with van der Waals surface area (Å²) in [5.41, 5.74) is 2.95. The van der Waals surface area contributed by atoms with Crippen molar-refractivity contribution in [3.05, 3.63) is 54.4 Å². The van der Waals surface area contributed by atoms with Crippen LogP contribution < -0.4 is 0 Å². The number of aryl methyl sites for hydroxylation is 1. The Morgan fingerprint density at radius 3 is 2.67 bits per heavy atom. The number of hydrogen-bond acceptors (Lipinski definition) is 2. The second kappa shape index (κ2) is 4.96. The van der Waals surface area contributed by atoms with E-state index in [1.165, 1.54) is 0 Å². The van der Waals surface area contributed by atoms with Crippen LogP contribution in [0, 0.1) is 6.92 Å². The van der Waals surface area contributed by atoms with Crippen LogP contribution in [0.2, 0.25) is 0 Å². The minimum Gasteiger partial charge on any atom is -0.508 e. The molecule has 0 spiro atoms. The minimum absolute atomic E-state index is 0.261. The van der Waals surface area contributed by atoms with Crippen molar-refractivity contribution < 1.29 is 5.11 Å². The third kappa shape index (κ3) is 2.54. The minimum atomic E-state index is 0.261. The van der Waals surface area contributed by atoms with Gasteiger partial charge in [-0.3, -0.25) is 0 Å². The first kappa shape index (κ1) is 12.2. The first-order valence-electron chi connectivity index (χ1n) is 5.76. The smallest absolute Gasteiger partial charge is 0.141 e. The van der Waals surface area contributed by atoms with Gasteiger partial charge in [-0.1, -0.05) is 18.1 Å². The van der Waals surface area contributed by atoms with Gasteiger partial charge < -0.3 is 9.67 Å². The van der Waals surface area contributed by atoms with Gasteiger partial charge in [-0.05, 0) is 31.2 Å². The second-order valence-corrected chi connectivity index (χ2v) is 4.20. The van der Waals surface area contributed by atoms with E-state index in [1.54, 1.807) is 18.2 Å². The summed E-state index contributed by atoms with van der Waals surface area (Å²) in [5, 5.41) is 9.27. The van der Waals surface area contributed by atoms with Gasteiger partial charge in [0, 0.05) is 18.0 Å². The molecule has 0 fully saturated rings. The predicted octanol–water partition coefficient (Wildman–Crippen LogP) is 2.18. The first-order valence-corrected chi connectivity index (χ1v) is 5.76. The zero-order valence-corrected chi connectivity index (χ0v) is 10.6. The first-order chi connectivity index (χ1) is 8.60. The number of benzene rings is 1. The van der Waals surface area contributed by atoms with Crippen LogP contribution in [-0.2, 0) is 0 Å². The fourth-order valence-corrected chi connectivity index (χ4v) is 1.66. The Balaban J connectivity index is 2.40. The lowest BCUT2D eigenvalue weighted by molar-refractivity contribution is 0.475. The molecule has 1 aromatic carbocycles. The summed E-state index contributed by atoms with van der Waals surface area (Å²) < 4.78 is 1.97. The zero-order valence-electron chi connectivity index (χ0n) is 10.6. The Bertz CT molecular complexity index is 597. The quantitative estimate of drug-likeness (QED) is 0.657. The van der Waals surface area contributed by atoms with Crippen molar-refractivity contribution in [2.75, 3.05) is 0 Å². The Morgan fingerprint density at radius 1 is 1.39 bits per heavy atom. The van der Waals surface area contributed by atoms with Crippen LogP contribution in [0.3, 0.4) is 0 Å². The number of aromatic nitrogens is 2. The van der Waals surface area contributed by atoms with Crippen LogP contribution in [0.4, 0.5) is 0 Å². The van der Waals surface area contributed by atoms with E-state index < -0.39 is 0 Å². The van der Waals surface area contributed by atoms with E-state index in [-0.39, 0.29) is 5.75 Å². The summed E-state index contributed by atoms with van der Waals surface area (Å²) in [6.45, 7) is 5.69. The molecule has 90 valence electrons. The van der Waals surface area contributed by atoms with Gasteiger partial charge in [-0.25, -0.2) is 4.98 Å². The van der Waals surface area contributed by atoms with Crippen molar-refractivity contribution in [1.82, 2.24) is 9.55 Å². The Labute approximate surface area is 108 Å². The summed E-state index contributed by atoms with van der Waals surface area (Å²) in [7, 11) is 1.99. The van der Waals surface area contributed by atoms with E-state index in [0.29, 0.717) is 0 Å². The molecule has 0 aliphatic carbocycles. The van der Waals surface area contributed by atoms with Crippen LogP contribution in [0.5, 0.6) is 5.75 Å². The number of phenolic OH excluding ortho intramolecular Hbond substituents is 1. The standard InChI is InChI=1S/C14H15BN2O/c1-3-12(15)8-17-9-14(16-10(17)2)11-4-6-13(18)7-5-11/h3-9,18H,1,15H2,2H3/b12-8+. The normalized spacial score (nSPS) is 11.5. The molecule has 2 aromatic rings. The number of allylic oxidation sites excluding steroid dienone is 2. The van der Waals surface area contributed by atoms with Gasteiger partial charge in [0.25, 0.3) is 0 Å².